The molecule has 2 aromatic heterocycles. The Morgan fingerprint density at radius 1 is 1.05 bits per heavy atom. The number of hydrogen-bond acceptors (Lipinski definition) is 6. The second-order valence-electron chi connectivity index (χ2n) is 9.18. The number of benzene rings is 1. The van der Waals surface area contributed by atoms with Gasteiger partial charge >= 0.3 is 5.97 Å². The summed E-state index contributed by atoms with van der Waals surface area (Å²) in [7, 11) is 0. The molecule has 3 aromatic rings. The Hall–Kier alpha value is -4.19. The van der Waals surface area contributed by atoms with Crippen molar-refractivity contribution in [1.29, 1.82) is 0 Å². The molecule has 12 heteroatoms. The average molecular weight is 510 g/mol. The van der Waals surface area contributed by atoms with Crippen LogP contribution in [-0.4, -0.2) is 74.5 Å². The van der Waals surface area contributed by atoms with Crippen LogP contribution < -0.4 is 21.3 Å². The molecular weight excluding hydrogens is 478 g/mol. The van der Waals surface area contributed by atoms with E-state index < -0.39 is 35.9 Å². The molecule has 1 fully saturated rings. The zero-order chi connectivity index (χ0) is 26.4. The van der Waals surface area contributed by atoms with Gasteiger partial charge in [0.15, 0.2) is 0 Å². The van der Waals surface area contributed by atoms with Crippen LogP contribution in [0.15, 0.2) is 43.0 Å². The van der Waals surface area contributed by atoms with Gasteiger partial charge in [0, 0.05) is 41.8 Å². The van der Waals surface area contributed by atoms with Gasteiger partial charge in [0.1, 0.15) is 18.1 Å². The van der Waals surface area contributed by atoms with E-state index in [4.69, 9.17) is 0 Å². The number of carboxylic acid groups (broad SMARTS) is 1. The van der Waals surface area contributed by atoms with Crippen molar-refractivity contribution in [1.82, 2.24) is 36.2 Å². The quantitative estimate of drug-likeness (QED) is 0.190. The average Bonchev–Trinajstić information content (AvgIpc) is 3.65. The second kappa shape index (κ2) is 11.7. The van der Waals surface area contributed by atoms with Gasteiger partial charge in [0.05, 0.1) is 12.4 Å². The number of para-hydroxylation sites is 1. The molecule has 3 heterocycles. The number of aliphatic carboxylic acids is 1. The van der Waals surface area contributed by atoms with Crippen LogP contribution in [0.2, 0.25) is 0 Å². The molecule has 1 saturated heterocycles. The number of amides is 3. The van der Waals surface area contributed by atoms with E-state index in [0.29, 0.717) is 12.1 Å². The SMILES string of the molecule is CC(NC(=O)C1CCCN1)C(=O)NC(Cc1c[nH]c2ccccc12)C(=O)NC(Cc1cnc[nH]1)C(=O)O. The molecular formula is C25H31N7O5. The third-order valence-corrected chi connectivity index (χ3v) is 6.45. The highest BCUT2D eigenvalue weighted by atomic mass is 16.4. The molecule has 0 saturated carbocycles. The fourth-order valence-electron chi connectivity index (χ4n) is 4.40. The number of H-pyrrole nitrogens is 2. The number of fused-ring (bicyclic) bond motifs is 1. The number of carbonyl (C=O) groups excluding carboxylic acids is 3. The first-order chi connectivity index (χ1) is 17.8. The van der Waals surface area contributed by atoms with E-state index in [1.54, 1.807) is 13.1 Å². The number of nitrogens with one attached hydrogen (secondary N) is 6. The maximum absolute atomic E-state index is 13.3. The summed E-state index contributed by atoms with van der Waals surface area (Å²) in [6, 6.07) is 3.98. The minimum Gasteiger partial charge on any atom is -0.480 e. The molecule has 0 aliphatic carbocycles. The predicted octanol–water partition coefficient (Wildman–Crippen LogP) is -0.0129. The van der Waals surface area contributed by atoms with Crippen LogP contribution in [0.4, 0.5) is 0 Å². The van der Waals surface area contributed by atoms with Crippen LogP contribution in [0, 0.1) is 0 Å². The van der Waals surface area contributed by atoms with Crippen molar-refractivity contribution in [3.63, 3.8) is 0 Å². The molecule has 4 atom stereocenters. The van der Waals surface area contributed by atoms with E-state index in [-0.39, 0.29) is 24.8 Å². The number of aromatic amines is 2. The maximum atomic E-state index is 13.3. The Morgan fingerprint density at radius 3 is 2.54 bits per heavy atom. The third kappa shape index (κ3) is 6.53. The van der Waals surface area contributed by atoms with Crippen LogP contribution >= 0.6 is 0 Å². The minimum absolute atomic E-state index is 0.00429. The summed E-state index contributed by atoms with van der Waals surface area (Å²) in [6.07, 6.45) is 6.35. The highest BCUT2D eigenvalue weighted by Crippen LogP contribution is 2.19. The maximum Gasteiger partial charge on any atom is 0.326 e. The first-order valence-corrected chi connectivity index (χ1v) is 12.2. The van der Waals surface area contributed by atoms with Gasteiger partial charge in [-0.3, -0.25) is 14.4 Å². The van der Waals surface area contributed by atoms with Gasteiger partial charge < -0.3 is 36.3 Å². The summed E-state index contributed by atoms with van der Waals surface area (Å²) in [4.78, 5) is 60.5. The Bertz CT molecular complexity index is 1250. The van der Waals surface area contributed by atoms with Crippen molar-refractivity contribution < 1.29 is 24.3 Å². The predicted molar refractivity (Wildman–Crippen MR) is 134 cm³/mol. The smallest absolute Gasteiger partial charge is 0.326 e. The molecule has 4 rings (SSSR count). The fraction of sp³-hybridized carbons (Fsp3) is 0.400. The number of nitrogens with zero attached hydrogens (tertiary/aromatic N) is 1. The molecule has 7 N–H and O–H groups in total. The second-order valence-corrected chi connectivity index (χ2v) is 9.18. The largest absolute Gasteiger partial charge is 0.480 e. The van der Waals surface area contributed by atoms with Gasteiger partial charge in [-0.1, -0.05) is 18.2 Å². The topological polar surface area (TPSA) is 181 Å². The van der Waals surface area contributed by atoms with Crippen LogP contribution in [0.3, 0.4) is 0 Å². The molecule has 1 aromatic carbocycles. The first kappa shape index (κ1) is 25.9. The minimum atomic E-state index is -1.24. The highest BCUT2D eigenvalue weighted by molar-refractivity contribution is 5.94. The van der Waals surface area contributed by atoms with E-state index in [1.807, 2.05) is 24.3 Å². The number of carbonyl (C=O) groups is 4. The lowest BCUT2D eigenvalue weighted by Gasteiger charge is -2.23. The van der Waals surface area contributed by atoms with Gasteiger partial charge in [-0.15, -0.1) is 0 Å². The Morgan fingerprint density at radius 2 is 1.84 bits per heavy atom. The zero-order valence-corrected chi connectivity index (χ0v) is 20.4. The monoisotopic (exact) mass is 509 g/mol. The molecule has 1 aliphatic rings. The van der Waals surface area contributed by atoms with Crippen LogP contribution in [0.5, 0.6) is 0 Å². The third-order valence-electron chi connectivity index (χ3n) is 6.45. The summed E-state index contributed by atoms with van der Waals surface area (Å²) >= 11 is 0. The Kier molecular flexibility index (Phi) is 8.18. The van der Waals surface area contributed by atoms with Crippen LogP contribution in [0.1, 0.15) is 31.0 Å². The van der Waals surface area contributed by atoms with Gasteiger partial charge in [-0.2, -0.15) is 0 Å². The molecule has 196 valence electrons. The van der Waals surface area contributed by atoms with Crippen molar-refractivity contribution in [2.45, 2.75) is 56.8 Å². The molecule has 0 radical (unpaired) electrons. The van der Waals surface area contributed by atoms with E-state index in [0.717, 1.165) is 29.4 Å². The Labute approximate surface area is 213 Å². The lowest BCUT2D eigenvalue weighted by Crippen LogP contribution is -2.57. The fourth-order valence-corrected chi connectivity index (χ4v) is 4.40. The summed E-state index contributed by atoms with van der Waals surface area (Å²) in [5.74, 6) is -2.69. The van der Waals surface area contributed by atoms with Crippen molar-refractivity contribution in [2.75, 3.05) is 6.54 Å². The lowest BCUT2D eigenvalue weighted by molar-refractivity contribution is -0.142. The van der Waals surface area contributed by atoms with Crippen molar-refractivity contribution in [3.05, 3.63) is 54.2 Å². The molecule has 0 bridgehead atoms. The summed E-state index contributed by atoms with van der Waals surface area (Å²) in [6.45, 7) is 2.29. The number of hydrogen-bond donors (Lipinski definition) is 7. The molecule has 3 amide bonds. The molecule has 4 unspecified atom stereocenters. The first-order valence-electron chi connectivity index (χ1n) is 12.2. The summed E-state index contributed by atoms with van der Waals surface area (Å²) in [5, 5.41) is 21.6. The van der Waals surface area contributed by atoms with Gasteiger partial charge in [0.2, 0.25) is 17.7 Å². The number of rotatable bonds is 11. The molecule has 1 aliphatic heterocycles. The zero-order valence-electron chi connectivity index (χ0n) is 20.4. The molecule has 12 nitrogen and oxygen atoms in total. The highest BCUT2D eigenvalue weighted by Gasteiger charge is 2.30. The summed E-state index contributed by atoms with van der Waals surface area (Å²) < 4.78 is 0. The normalized spacial score (nSPS) is 17.6. The van der Waals surface area contributed by atoms with E-state index >= 15 is 0 Å². The van der Waals surface area contributed by atoms with Gasteiger partial charge in [-0.25, -0.2) is 9.78 Å². The van der Waals surface area contributed by atoms with Crippen molar-refractivity contribution in [3.8, 4) is 0 Å². The van der Waals surface area contributed by atoms with Crippen molar-refractivity contribution >= 4 is 34.6 Å². The van der Waals surface area contributed by atoms with Crippen molar-refractivity contribution in [2.24, 2.45) is 0 Å². The van der Waals surface area contributed by atoms with Crippen LogP contribution in [-0.2, 0) is 32.0 Å². The number of imidazole rings is 1. The van der Waals surface area contributed by atoms with Gasteiger partial charge in [-0.05, 0) is 37.9 Å². The van der Waals surface area contributed by atoms with Crippen LogP contribution in [0.25, 0.3) is 10.9 Å². The molecule has 37 heavy (non-hydrogen) atoms. The standard InChI is InChI=1S/C25H31N7O5/c1-14(30-23(34)19-7-4-8-27-19)22(33)31-20(9-15-11-28-18-6-3-2-5-17(15)18)24(35)32-21(25(36)37)10-16-12-26-13-29-16/h2-3,5-6,11-14,19-21,27-28H,4,7-10H2,1H3,(H,26,29)(H,30,34)(H,31,33)(H,32,35)(H,36,37). The van der Waals surface area contributed by atoms with E-state index in [9.17, 15) is 24.3 Å². The lowest BCUT2D eigenvalue weighted by atomic mass is 10.0. The van der Waals surface area contributed by atoms with E-state index in [1.165, 1.54) is 12.5 Å². The Balaban J connectivity index is 1.49. The van der Waals surface area contributed by atoms with Gasteiger partial charge in [0.25, 0.3) is 0 Å². The summed E-state index contributed by atoms with van der Waals surface area (Å²) in [5.41, 5.74) is 2.19. The molecule has 0 spiro atoms. The number of carboxylic acids is 1. The number of aromatic nitrogens is 3. The van der Waals surface area contributed by atoms with E-state index in [2.05, 4.69) is 36.2 Å².